The largest absolute Gasteiger partial charge is 0.394 e. The molecule has 3 heterocycles. The van der Waals surface area contributed by atoms with Crippen molar-refractivity contribution in [2.24, 2.45) is 17.8 Å². The molecule has 0 saturated carbocycles. The van der Waals surface area contributed by atoms with Crippen molar-refractivity contribution in [3.05, 3.63) is 67.8 Å². The van der Waals surface area contributed by atoms with Gasteiger partial charge in [0.1, 0.15) is 6.04 Å². The molecule has 8 heteroatoms. The summed E-state index contributed by atoms with van der Waals surface area (Å²) in [5.41, 5.74) is 0.737. The Bertz CT molecular complexity index is 1380. The van der Waals surface area contributed by atoms with E-state index in [1.165, 1.54) is 0 Å². The maximum Gasteiger partial charge on any atom is 0.251 e. The topological polar surface area (TPSA) is 81.2 Å². The second-order valence-corrected chi connectivity index (χ2v) is 13.7. The Morgan fingerprint density at radius 2 is 1.83 bits per heavy atom. The quantitative estimate of drug-likeness (QED) is 0.357. The minimum atomic E-state index is -0.798. The van der Waals surface area contributed by atoms with Crippen molar-refractivity contribution >= 4 is 45.9 Å². The number of nitrogens with zero attached hydrogens (tertiary/aromatic N) is 3. The van der Waals surface area contributed by atoms with E-state index in [9.17, 15) is 19.5 Å². The van der Waals surface area contributed by atoms with Crippen molar-refractivity contribution in [2.45, 2.75) is 62.1 Å². The number of amides is 3. The van der Waals surface area contributed by atoms with E-state index >= 15 is 0 Å². The molecule has 1 N–H and O–H groups in total. The number of anilines is 1. The molecular formula is C34H43N3O4S. The zero-order valence-corrected chi connectivity index (χ0v) is 25.8. The van der Waals surface area contributed by atoms with E-state index in [0.717, 1.165) is 29.3 Å². The van der Waals surface area contributed by atoms with Gasteiger partial charge in [0, 0.05) is 30.6 Å². The lowest BCUT2D eigenvalue weighted by Crippen LogP contribution is -2.58. The van der Waals surface area contributed by atoms with E-state index in [1.54, 1.807) is 33.7 Å². The second-order valence-electron chi connectivity index (χ2n) is 12.1. The molecule has 0 radical (unpaired) electrons. The summed E-state index contributed by atoms with van der Waals surface area (Å²) in [5.74, 6) is -1.57. The van der Waals surface area contributed by atoms with Crippen LogP contribution in [0.2, 0.25) is 0 Å². The highest BCUT2D eigenvalue weighted by Gasteiger charge is 2.74. The Labute approximate surface area is 253 Å². The number of fused-ring (bicyclic) bond motifs is 2. The number of aliphatic hydroxyl groups is 1. The third-order valence-corrected chi connectivity index (χ3v) is 11.3. The predicted octanol–water partition coefficient (Wildman–Crippen LogP) is 4.89. The predicted molar refractivity (Wildman–Crippen MR) is 170 cm³/mol. The molecule has 3 aliphatic heterocycles. The van der Waals surface area contributed by atoms with Gasteiger partial charge in [-0.25, -0.2) is 0 Å². The van der Waals surface area contributed by atoms with Crippen LogP contribution >= 0.6 is 11.8 Å². The first kappa shape index (κ1) is 30.4. The molecule has 1 spiro atoms. The van der Waals surface area contributed by atoms with Gasteiger partial charge in [-0.15, -0.1) is 24.9 Å². The monoisotopic (exact) mass is 589 g/mol. The van der Waals surface area contributed by atoms with Gasteiger partial charge in [0.25, 0.3) is 5.91 Å². The molecule has 0 aromatic heterocycles. The normalized spacial score (nSPS) is 26.9. The Morgan fingerprint density at radius 3 is 2.48 bits per heavy atom. The highest BCUT2D eigenvalue weighted by molar-refractivity contribution is 8.02. The Kier molecular flexibility index (Phi) is 8.86. The summed E-state index contributed by atoms with van der Waals surface area (Å²) in [6.45, 7) is 14.8. The lowest BCUT2D eigenvalue weighted by atomic mass is 9.70. The van der Waals surface area contributed by atoms with Gasteiger partial charge >= 0.3 is 0 Å². The molecule has 3 saturated heterocycles. The molecule has 3 fully saturated rings. The Hall–Kier alpha value is -3.10. The SMILES string of the molecule is C=CCN(CCC)C(=O)[C@@H]1[C@H]2C(=O)N([C@@H](CO)C(C)C)C(C(=O)N(CC=C)c3ccc4ccccc4c3)C23CC[C@H]1S3. The van der Waals surface area contributed by atoms with Gasteiger partial charge in [-0.2, -0.15) is 0 Å². The molecule has 5 rings (SSSR count). The average molecular weight is 590 g/mol. The molecule has 2 bridgehead atoms. The first-order chi connectivity index (χ1) is 20.2. The van der Waals surface area contributed by atoms with E-state index in [4.69, 9.17) is 0 Å². The van der Waals surface area contributed by atoms with Crippen molar-refractivity contribution in [3.8, 4) is 0 Å². The van der Waals surface area contributed by atoms with Crippen LogP contribution in [0.4, 0.5) is 5.69 Å². The third-order valence-electron chi connectivity index (χ3n) is 9.35. The van der Waals surface area contributed by atoms with E-state index in [1.807, 2.05) is 68.1 Å². The third kappa shape index (κ3) is 4.86. The van der Waals surface area contributed by atoms with Crippen LogP contribution in [0.15, 0.2) is 67.8 Å². The number of benzene rings is 2. The summed E-state index contributed by atoms with van der Waals surface area (Å²) in [6, 6.07) is 12.6. The van der Waals surface area contributed by atoms with Crippen LogP contribution in [0.3, 0.4) is 0 Å². The van der Waals surface area contributed by atoms with E-state index < -0.39 is 28.7 Å². The van der Waals surface area contributed by atoms with Gasteiger partial charge in [0.2, 0.25) is 11.8 Å². The molecule has 224 valence electrons. The molecular weight excluding hydrogens is 546 g/mol. The number of carbonyl (C=O) groups excluding carboxylic acids is 3. The van der Waals surface area contributed by atoms with Crippen LogP contribution in [0.1, 0.15) is 40.0 Å². The number of likely N-dealkylation sites (tertiary alicyclic amines) is 1. The lowest BCUT2D eigenvalue weighted by molar-refractivity contribution is -0.146. The number of aliphatic hydroxyl groups excluding tert-OH is 1. The minimum Gasteiger partial charge on any atom is -0.394 e. The fourth-order valence-electron chi connectivity index (χ4n) is 7.50. The van der Waals surface area contributed by atoms with Gasteiger partial charge < -0.3 is 19.8 Å². The molecule has 2 aromatic carbocycles. The van der Waals surface area contributed by atoms with Crippen LogP contribution in [0.25, 0.3) is 10.8 Å². The molecule has 2 unspecified atom stereocenters. The first-order valence-corrected chi connectivity index (χ1v) is 16.0. The van der Waals surface area contributed by atoms with Crippen molar-refractivity contribution < 1.29 is 19.5 Å². The van der Waals surface area contributed by atoms with Crippen molar-refractivity contribution in [3.63, 3.8) is 0 Å². The smallest absolute Gasteiger partial charge is 0.251 e. The highest BCUT2D eigenvalue weighted by atomic mass is 32.2. The standard InChI is InChI=1S/C34H43N3O4S/c1-6-17-35(18-7-2)31(39)28-27-15-16-34(42-27)29(28)32(40)37(26(21-38)22(4)5)30(34)33(41)36(19-8-3)25-14-13-23-11-9-10-12-24(23)20-25/h6,8-14,20,22,26-30,38H,1,3,7,15-19,21H2,2,4-5H3/t26-,27+,28-,29-,30?,34?/m0/s1. The van der Waals surface area contributed by atoms with Crippen molar-refractivity contribution in [2.75, 3.05) is 31.1 Å². The Balaban J connectivity index is 1.61. The van der Waals surface area contributed by atoms with Crippen LogP contribution in [-0.4, -0.2) is 80.9 Å². The lowest BCUT2D eigenvalue weighted by Gasteiger charge is -2.40. The van der Waals surface area contributed by atoms with Crippen LogP contribution in [0, 0.1) is 17.8 Å². The van der Waals surface area contributed by atoms with Crippen molar-refractivity contribution in [1.29, 1.82) is 0 Å². The molecule has 6 atom stereocenters. The number of hydrogen-bond donors (Lipinski definition) is 1. The van der Waals surface area contributed by atoms with Gasteiger partial charge in [-0.1, -0.05) is 63.3 Å². The summed E-state index contributed by atoms with van der Waals surface area (Å²) in [6.07, 6.45) is 5.71. The second kappa shape index (κ2) is 12.3. The zero-order valence-electron chi connectivity index (χ0n) is 24.9. The van der Waals surface area contributed by atoms with Gasteiger partial charge in [-0.05, 0) is 48.1 Å². The number of carbonyl (C=O) groups is 3. The first-order valence-electron chi connectivity index (χ1n) is 15.2. The van der Waals surface area contributed by atoms with Gasteiger partial charge in [0.05, 0.1) is 29.2 Å². The van der Waals surface area contributed by atoms with E-state index in [-0.39, 0.29) is 42.0 Å². The van der Waals surface area contributed by atoms with E-state index in [0.29, 0.717) is 19.5 Å². The van der Waals surface area contributed by atoms with E-state index in [2.05, 4.69) is 13.2 Å². The van der Waals surface area contributed by atoms with Gasteiger partial charge in [-0.3, -0.25) is 14.4 Å². The molecule has 7 nitrogen and oxygen atoms in total. The van der Waals surface area contributed by atoms with Gasteiger partial charge in [0.15, 0.2) is 0 Å². The summed E-state index contributed by atoms with van der Waals surface area (Å²) in [5, 5.41) is 12.6. The Morgan fingerprint density at radius 1 is 1.12 bits per heavy atom. The van der Waals surface area contributed by atoms with Crippen molar-refractivity contribution in [1.82, 2.24) is 9.80 Å². The molecule has 2 aromatic rings. The molecule has 42 heavy (non-hydrogen) atoms. The average Bonchev–Trinajstić information content (AvgIpc) is 3.63. The maximum atomic E-state index is 14.9. The summed E-state index contributed by atoms with van der Waals surface area (Å²) in [7, 11) is 0. The minimum absolute atomic E-state index is 0.0202. The van der Waals surface area contributed by atoms with Crippen LogP contribution in [-0.2, 0) is 14.4 Å². The molecule has 3 amide bonds. The molecule has 3 aliphatic rings. The molecule has 0 aliphatic carbocycles. The fourth-order valence-corrected chi connectivity index (χ4v) is 9.69. The maximum absolute atomic E-state index is 14.9. The fraction of sp³-hybridized carbons (Fsp3) is 0.500. The number of rotatable bonds is 12. The summed E-state index contributed by atoms with van der Waals surface area (Å²) in [4.78, 5) is 48.7. The number of hydrogen-bond acceptors (Lipinski definition) is 5. The zero-order chi connectivity index (χ0) is 30.2. The summed E-state index contributed by atoms with van der Waals surface area (Å²) >= 11 is 1.67. The number of thioether (sulfide) groups is 1. The summed E-state index contributed by atoms with van der Waals surface area (Å²) < 4.78 is -0.732. The van der Waals surface area contributed by atoms with Crippen LogP contribution in [0.5, 0.6) is 0 Å². The highest BCUT2D eigenvalue weighted by Crippen LogP contribution is 2.67. The van der Waals surface area contributed by atoms with Crippen LogP contribution < -0.4 is 4.90 Å².